The average molecular weight is 419 g/mol. The van der Waals surface area contributed by atoms with Crippen LogP contribution in [0.4, 0.5) is 5.82 Å². The summed E-state index contributed by atoms with van der Waals surface area (Å²) < 4.78 is 29.4. The number of hydrogen-bond donors (Lipinski definition) is 1. The fourth-order valence-electron chi connectivity index (χ4n) is 3.38. The van der Waals surface area contributed by atoms with E-state index >= 15 is 0 Å². The molecule has 28 heavy (non-hydrogen) atoms. The highest BCUT2D eigenvalue weighted by atomic mass is 32.2. The third-order valence-electron chi connectivity index (χ3n) is 4.86. The van der Waals surface area contributed by atoms with Gasteiger partial charge in [0.1, 0.15) is 12.1 Å². The molecule has 0 amide bonds. The van der Waals surface area contributed by atoms with E-state index in [9.17, 15) is 8.42 Å². The topological polar surface area (TPSA) is 84.4 Å². The first-order valence-electron chi connectivity index (χ1n) is 9.06. The Balaban J connectivity index is 1.62. The number of benzene rings is 1. The highest BCUT2D eigenvalue weighted by Gasteiger charge is 2.23. The molecule has 1 aromatic carbocycles. The third kappa shape index (κ3) is 4.17. The number of nitrogens with zero attached hydrogens (tertiary/aromatic N) is 3. The van der Waals surface area contributed by atoms with Crippen molar-refractivity contribution in [3.05, 3.63) is 46.9 Å². The van der Waals surface area contributed by atoms with Crippen molar-refractivity contribution < 1.29 is 13.2 Å². The van der Waals surface area contributed by atoms with Crippen molar-refractivity contribution in [2.24, 2.45) is 0 Å². The van der Waals surface area contributed by atoms with E-state index < -0.39 is 9.84 Å². The Morgan fingerprint density at radius 2 is 2.07 bits per heavy atom. The summed E-state index contributed by atoms with van der Waals surface area (Å²) in [6.07, 6.45) is 2.70. The van der Waals surface area contributed by atoms with Gasteiger partial charge in [-0.15, -0.1) is 11.3 Å². The molecule has 3 heterocycles. The van der Waals surface area contributed by atoms with E-state index in [0.717, 1.165) is 26.3 Å². The smallest absolute Gasteiger partial charge is 0.175 e. The molecule has 1 fully saturated rings. The summed E-state index contributed by atoms with van der Waals surface area (Å²) >= 11 is 1.73. The molecule has 0 saturated carbocycles. The Morgan fingerprint density at radius 1 is 1.25 bits per heavy atom. The van der Waals surface area contributed by atoms with Crippen molar-refractivity contribution in [2.45, 2.75) is 10.9 Å². The van der Waals surface area contributed by atoms with Crippen LogP contribution in [0, 0.1) is 0 Å². The normalized spacial score (nSPS) is 16.9. The molecule has 2 aromatic heterocycles. The number of fused-ring (bicyclic) bond motifs is 1. The minimum Gasteiger partial charge on any atom is -0.379 e. The zero-order chi connectivity index (χ0) is 19.6. The molecule has 0 spiro atoms. The summed E-state index contributed by atoms with van der Waals surface area (Å²) in [7, 11) is -3.30. The summed E-state index contributed by atoms with van der Waals surface area (Å²) in [4.78, 5) is 12.6. The molecule has 1 unspecified atom stereocenters. The molecule has 1 aliphatic rings. The van der Waals surface area contributed by atoms with Gasteiger partial charge in [-0.25, -0.2) is 18.4 Å². The van der Waals surface area contributed by atoms with Crippen LogP contribution in [0.15, 0.2) is 46.9 Å². The van der Waals surface area contributed by atoms with Crippen molar-refractivity contribution in [1.82, 2.24) is 14.9 Å². The summed E-state index contributed by atoms with van der Waals surface area (Å²) in [5.74, 6) is 0.644. The number of sulfone groups is 1. The first-order valence-corrected chi connectivity index (χ1v) is 11.8. The monoisotopic (exact) mass is 418 g/mol. The van der Waals surface area contributed by atoms with Gasteiger partial charge in [0.05, 0.1) is 29.7 Å². The van der Waals surface area contributed by atoms with Crippen LogP contribution in [0.1, 0.15) is 10.9 Å². The fraction of sp³-hybridized carbons (Fsp3) is 0.368. The molecule has 9 heteroatoms. The lowest BCUT2D eigenvalue weighted by molar-refractivity contribution is 0.0194. The molecule has 0 aliphatic carbocycles. The number of rotatable bonds is 6. The van der Waals surface area contributed by atoms with Crippen molar-refractivity contribution >= 4 is 37.9 Å². The Hall–Kier alpha value is -2.07. The molecule has 1 atom stereocenters. The predicted molar refractivity (Wildman–Crippen MR) is 111 cm³/mol. The van der Waals surface area contributed by atoms with Crippen molar-refractivity contribution in [1.29, 1.82) is 0 Å². The van der Waals surface area contributed by atoms with Crippen LogP contribution in [0.25, 0.3) is 10.9 Å². The quantitative estimate of drug-likeness (QED) is 0.659. The molecule has 1 N–H and O–H groups in total. The van der Waals surface area contributed by atoms with E-state index in [1.807, 2.05) is 0 Å². The molecular formula is C19H22N4O3S2. The number of ether oxygens (including phenoxy) is 1. The number of aromatic nitrogens is 2. The van der Waals surface area contributed by atoms with Gasteiger partial charge in [0.15, 0.2) is 9.84 Å². The van der Waals surface area contributed by atoms with E-state index in [4.69, 9.17) is 4.74 Å². The standard InChI is InChI=1S/C19H22N4O3S2/c1-28(24,25)14-4-5-16-15(11-14)19(22-13-21-16)20-12-17(18-3-2-10-27-18)23-6-8-26-9-7-23/h2-5,10-11,13,17H,6-9,12H2,1H3,(H,20,21,22). The second kappa shape index (κ2) is 8.12. The van der Waals surface area contributed by atoms with E-state index in [0.29, 0.717) is 23.3 Å². The summed E-state index contributed by atoms with van der Waals surface area (Å²) in [5, 5.41) is 6.22. The second-order valence-electron chi connectivity index (χ2n) is 6.73. The number of hydrogen-bond acceptors (Lipinski definition) is 8. The molecule has 1 aliphatic heterocycles. The highest BCUT2D eigenvalue weighted by Crippen LogP contribution is 2.28. The average Bonchev–Trinajstić information content (AvgIpc) is 3.22. The van der Waals surface area contributed by atoms with E-state index in [1.54, 1.807) is 29.5 Å². The largest absolute Gasteiger partial charge is 0.379 e. The molecule has 3 aromatic rings. The summed E-state index contributed by atoms with van der Waals surface area (Å²) in [6.45, 7) is 3.89. The molecule has 0 radical (unpaired) electrons. The van der Waals surface area contributed by atoms with Gasteiger partial charge in [-0.1, -0.05) is 6.07 Å². The zero-order valence-electron chi connectivity index (χ0n) is 15.5. The van der Waals surface area contributed by atoms with Gasteiger partial charge in [0.25, 0.3) is 0 Å². The third-order valence-corrected chi connectivity index (χ3v) is 6.94. The predicted octanol–water partition coefficient (Wildman–Crippen LogP) is 2.58. The minimum absolute atomic E-state index is 0.201. The fourth-order valence-corrected chi connectivity index (χ4v) is 4.89. The first kappa shape index (κ1) is 19.3. The van der Waals surface area contributed by atoms with E-state index in [-0.39, 0.29) is 10.9 Å². The number of morpholine rings is 1. The van der Waals surface area contributed by atoms with Crippen LogP contribution < -0.4 is 5.32 Å². The van der Waals surface area contributed by atoms with E-state index in [1.165, 1.54) is 17.5 Å². The van der Waals surface area contributed by atoms with Crippen LogP contribution in [0.5, 0.6) is 0 Å². The molecule has 4 rings (SSSR count). The maximum atomic E-state index is 11.9. The van der Waals surface area contributed by atoms with Crippen molar-refractivity contribution in [3.63, 3.8) is 0 Å². The Kier molecular flexibility index (Phi) is 5.58. The number of thiophene rings is 1. The SMILES string of the molecule is CS(=O)(=O)c1ccc2ncnc(NCC(c3cccs3)N3CCOCC3)c2c1. The Labute approximate surface area is 168 Å². The molecule has 7 nitrogen and oxygen atoms in total. The molecule has 1 saturated heterocycles. The van der Waals surface area contributed by atoms with Gasteiger partial charge in [0, 0.05) is 36.2 Å². The highest BCUT2D eigenvalue weighted by molar-refractivity contribution is 7.90. The zero-order valence-corrected chi connectivity index (χ0v) is 17.2. The second-order valence-corrected chi connectivity index (χ2v) is 9.73. The van der Waals surface area contributed by atoms with Crippen molar-refractivity contribution in [2.75, 3.05) is 44.4 Å². The van der Waals surface area contributed by atoms with Gasteiger partial charge < -0.3 is 10.1 Å². The lowest BCUT2D eigenvalue weighted by atomic mass is 10.1. The number of anilines is 1. The van der Waals surface area contributed by atoms with Gasteiger partial charge >= 0.3 is 0 Å². The lowest BCUT2D eigenvalue weighted by Crippen LogP contribution is -2.41. The molecular weight excluding hydrogens is 396 g/mol. The summed E-state index contributed by atoms with van der Waals surface area (Å²) in [6, 6.07) is 9.35. The minimum atomic E-state index is -3.30. The maximum absolute atomic E-state index is 11.9. The Morgan fingerprint density at radius 3 is 2.79 bits per heavy atom. The van der Waals surface area contributed by atoms with Crippen LogP contribution in [-0.4, -0.2) is 62.4 Å². The molecule has 148 valence electrons. The first-order chi connectivity index (χ1) is 13.5. The van der Waals surface area contributed by atoms with Crippen LogP contribution >= 0.6 is 11.3 Å². The summed E-state index contributed by atoms with van der Waals surface area (Å²) in [5.41, 5.74) is 0.712. The van der Waals surface area contributed by atoms with Gasteiger partial charge in [-0.2, -0.15) is 0 Å². The van der Waals surface area contributed by atoms with Gasteiger partial charge in [-0.05, 0) is 29.6 Å². The lowest BCUT2D eigenvalue weighted by Gasteiger charge is -2.34. The van der Waals surface area contributed by atoms with Crippen LogP contribution in [0.3, 0.4) is 0 Å². The molecule has 0 bridgehead atoms. The van der Waals surface area contributed by atoms with Crippen molar-refractivity contribution in [3.8, 4) is 0 Å². The number of nitrogens with one attached hydrogen (secondary N) is 1. The maximum Gasteiger partial charge on any atom is 0.175 e. The van der Waals surface area contributed by atoms with Gasteiger partial charge in [-0.3, -0.25) is 4.90 Å². The van der Waals surface area contributed by atoms with Gasteiger partial charge in [0.2, 0.25) is 0 Å². The Bertz CT molecular complexity index is 1050. The van der Waals surface area contributed by atoms with Crippen LogP contribution in [0.2, 0.25) is 0 Å². The van der Waals surface area contributed by atoms with E-state index in [2.05, 4.69) is 37.7 Å². The van der Waals surface area contributed by atoms with Crippen LogP contribution in [-0.2, 0) is 14.6 Å².